The van der Waals surface area contributed by atoms with Crippen molar-refractivity contribution < 1.29 is 9.53 Å². The van der Waals surface area contributed by atoms with Gasteiger partial charge in [-0.05, 0) is 51.4 Å². The highest BCUT2D eigenvalue weighted by molar-refractivity contribution is 5.76. The van der Waals surface area contributed by atoms with Crippen molar-refractivity contribution >= 4 is 5.91 Å². The van der Waals surface area contributed by atoms with Crippen LogP contribution in [-0.4, -0.2) is 30.7 Å². The lowest BCUT2D eigenvalue weighted by molar-refractivity contribution is -0.124. The minimum atomic E-state index is -0.190. The molecule has 1 saturated carbocycles. The van der Waals surface area contributed by atoms with E-state index in [1.807, 2.05) is 0 Å². The maximum atomic E-state index is 12.0. The normalized spacial score (nSPS) is 27.6. The van der Waals surface area contributed by atoms with Gasteiger partial charge in [0.05, 0.1) is 11.6 Å². The molecule has 1 aliphatic heterocycles. The summed E-state index contributed by atoms with van der Waals surface area (Å²) in [6.07, 6.45) is 7.58. The first-order valence-corrected chi connectivity index (χ1v) is 7.27. The van der Waals surface area contributed by atoms with Crippen molar-refractivity contribution in [2.75, 3.05) is 13.2 Å². The lowest BCUT2D eigenvalue weighted by atomic mass is 9.95. The molecule has 1 saturated heterocycles. The first-order valence-electron chi connectivity index (χ1n) is 7.27. The third-order valence-electron chi connectivity index (χ3n) is 4.29. The molecule has 2 unspecified atom stereocenters. The molecule has 4 nitrogen and oxygen atoms in total. The molecule has 0 aromatic heterocycles. The molecule has 1 heterocycles. The topological polar surface area (TPSA) is 64.3 Å². The molecule has 0 bridgehead atoms. The van der Waals surface area contributed by atoms with Gasteiger partial charge in [-0.15, -0.1) is 0 Å². The number of carbonyl (C=O) groups excluding carboxylic acids is 1. The highest BCUT2D eigenvalue weighted by Gasteiger charge is 2.41. The van der Waals surface area contributed by atoms with E-state index >= 15 is 0 Å². The average molecular weight is 254 g/mol. The van der Waals surface area contributed by atoms with E-state index in [1.54, 1.807) is 0 Å². The van der Waals surface area contributed by atoms with Crippen LogP contribution in [0.1, 0.15) is 51.9 Å². The van der Waals surface area contributed by atoms with Gasteiger partial charge in [-0.25, -0.2) is 0 Å². The molecular formula is C14H26N2O2. The van der Waals surface area contributed by atoms with E-state index in [0.717, 1.165) is 25.9 Å². The number of carbonyl (C=O) groups is 1. The fourth-order valence-electron chi connectivity index (χ4n) is 2.75. The summed E-state index contributed by atoms with van der Waals surface area (Å²) in [5.41, 5.74) is 5.61. The van der Waals surface area contributed by atoms with E-state index < -0.39 is 0 Å². The standard InChI is InChI=1S/C14H26N2O2/c1-14(10-15,11-5-6-11)16-13(17)8-7-12-4-2-3-9-18-12/h11-12H,2-10,15H2,1H3,(H,16,17). The first-order chi connectivity index (χ1) is 8.64. The zero-order valence-electron chi connectivity index (χ0n) is 11.4. The van der Waals surface area contributed by atoms with Crippen molar-refractivity contribution in [1.82, 2.24) is 5.32 Å². The van der Waals surface area contributed by atoms with Gasteiger partial charge >= 0.3 is 0 Å². The van der Waals surface area contributed by atoms with Gasteiger partial charge < -0.3 is 15.8 Å². The van der Waals surface area contributed by atoms with Gasteiger partial charge in [0.1, 0.15) is 0 Å². The van der Waals surface area contributed by atoms with Crippen molar-refractivity contribution in [2.45, 2.75) is 63.5 Å². The second-order valence-corrected chi connectivity index (χ2v) is 5.97. The Labute approximate surface area is 110 Å². The van der Waals surface area contributed by atoms with Crippen LogP contribution in [0.4, 0.5) is 0 Å². The van der Waals surface area contributed by atoms with E-state index in [2.05, 4.69) is 12.2 Å². The van der Waals surface area contributed by atoms with Crippen LogP contribution in [0.15, 0.2) is 0 Å². The Hall–Kier alpha value is -0.610. The van der Waals surface area contributed by atoms with Crippen LogP contribution < -0.4 is 11.1 Å². The highest BCUT2D eigenvalue weighted by atomic mass is 16.5. The van der Waals surface area contributed by atoms with Crippen molar-refractivity contribution in [2.24, 2.45) is 11.7 Å². The number of ether oxygens (including phenoxy) is 1. The van der Waals surface area contributed by atoms with Crippen LogP contribution in [-0.2, 0) is 9.53 Å². The summed E-state index contributed by atoms with van der Waals surface area (Å²) in [5.74, 6) is 0.710. The van der Waals surface area contributed by atoms with Gasteiger partial charge in [0, 0.05) is 19.6 Å². The predicted octanol–water partition coefficient (Wildman–Crippen LogP) is 1.58. The maximum Gasteiger partial charge on any atom is 0.220 e. The number of amides is 1. The number of nitrogens with one attached hydrogen (secondary N) is 1. The number of hydrogen-bond donors (Lipinski definition) is 2. The van der Waals surface area contributed by atoms with Crippen molar-refractivity contribution in [1.29, 1.82) is 0 Å². The van der Waals surface area contributed by atoms with Crippen molar-refractivity contribution in [3.8, 4) is 0 Å². The molecule has 2 rings (SSSR count). The molecule has 0 spiro atoms. The summed E-state index contributed by atoms with van der Waals surface area (Å²) < 4.78 is 5.64. The average Bonchev–Trinajstić information content (AvgIpc) is 3.22. The summed E-state index contributed by atoms with van der Waals surface area (Å²) in [4.78, 5) is 12.0. The first kappa shape index (κ1) is 13.8. The fraction of sp³-hybridized carbons (Fsp3) is 0.929. The highest BCUT2D eigenvalue weighted by Crippen LogP contribution is 2.39. The second-order valence-electron chi connectivity index (χ2n) is 5.97. The molecular weight excluding hydrogens is 228 g/mol. The van der Waals surface area contributed by atoms with Crippen LogP contribution in [0, 0.1) is 5.92 Å². The number of rotatable bonds is 6. The van der Waals surface area contributed by atoms with Gasteiger partial charge in [0.25, 0.3) is 0 Å². The molecule has 18 heavy (non-hydrogen) atoms. The summed E-state index contributed by atoms with van der Waals surface area (Å²) in [7, 11) is 0. The zero-order valence-corrected chi connectivity index (χ0v) is 11.4. The maximum absolute atomic E-state index is 12.0. The largest absolute Gasteiger partial charge is 0.378 e. The Morgan fingerprint density at radius 1 is 1.39 bits per heavy atom. The zero-order chi connectivity index (χ0) is 13.0. The van der Waals surface area contributed by atoms with Crippen LogP contribution in [0.3, 0.4) is 0 Å². The third kappa shape index (κ3) is 3.69. The van der Waals surface area contributed by atoms with Crippen molar-refractivity contribution in [3.05, 3.63) is 0 Å². The molecule has 1 amide bonds. The molecule has 0 radical (unpaired) electrons. The van der Waals surface area contributed by atoms with Crippen molar-refractivity contribution in [3.63, 3.8) is 0 Å². The number of hydrogen-bond acceptors (Lipinski definition) is 3. The van der Waals surface area contributed by atoms with Crippen LogP contribution >= 0.6 is 0 Å². The van der Waals surface area contributed by atoms with E-state index in [9.17, 15) is 4.79 Å². The lowest BCUT2D eigenvalue weighted by Gasteiger charge is -2.30. The Morgan fingerprint density at radius 2 is 2.17 bits per heavy atom. The summed E-state index contributed by atoms with van der Waals surface area (Å²) in [6.45, 7) is 3.46. The molecule has 4 heteroatoms. The number of nitrogens with two attached hydrogens (primary N) is 1. The van der Waals surface area contributed by atoms with Gasteiger partial charge in [0.2, 0.25) is 5.91 Å². The minimum Gasteiger partial charge on any atom is -0.378 e. The molecule has 2 fully saturated rings. The molecule has 3 N–H and O–H groups in total. The van der Waals surface area contributed by atoms with E-state index in [-0.39, 0.29) is 17.6 Å². The van der Waals surface area contributed by atoms with Crippen LogP contribution in [0.5, 0.6) is 0 Å². The summed E-state index contributed by atoms with van der Waals surface area (Å²) >= 11 is 0. The SMILES string of the molecule is CC(CN)(NC(=O)CCC1CCCCO1)C1CC1. The molecule has 104 valence electrons. The quantitative estimate of drug-likeness (QED) is 0.756. The molecule has 1 aliphatic carbocycles. The monoisotopic (exact) mass is 254 g/mol. The van der Waals surface area contributed by atoms with Crippen LogP contribution in [0.25, 0.3) is 0 Å². The summed E-state index contributed by atoms with van der Waals surface area (Å²) in [5, 5.41) is 3.13. The van der Waals surface area contributed by atoms with Gasteiger partial charge in [-0.3, -0.25) is 4.79 Å². The molecule has 2 atom stereocenters. The minimum absolute atomic E-state index is 0.129. The molecule has 0 aromatic rings. The van der Waals surface area contributed by atoms with Gasteiger partial charge in [0.15, 0.2) is 0 Å². The Bertz CT molecular complexity index is 286. The fourth-order valence-corrected chi connectivity index (χ4v) is 2.75. The Balaban J connectivity index is 1.70. The Morgan fingerprint density at radius 3 is 2.72 bits per heavy atom. The Kier molecular flexibility index (Phi) is 4.62. The van der Waals surface area contributed by atoms with E-state index in [4.69, 9.17) is 10.5 Å². The second kappa shape index (κ2) is 6.02. The van der Waals surface area contributed by atoms with E-state index in [0.29, 0.717) is 18.9 Å². The summed E-state index contributed by atoms with van der Waals surface area (Å²) in [6, 6.07) is 0. The predicted molar refractivity (Wildman–Crippen MR) is 71.2 cm³/mol. The smallest absolute Gasteiger partial charge is 0.220 e. The van der Waals surface area contributed by atoms with E-state index in [1.165, 1.54) is 19.3 Å². The van der Waals surface area contributed by atoms with Crippen LogP contribution in [0.2, 0.25) is 0 Å². The third-order valence-corrected chi connectivity index (χ3v) is 4.29. The lowest BCUT2D eigenvalue weighted by Crippen LogP contribution is -2.53. The van der Waals surface area contributed by atoms with Gasteiger partial charge in [-0.1, -0.05) is 0 Å². The molecule has 2 aliphatic rings. The molecule has 0 aromatic carbocycles. The van der Waals surface area contributed by atoms with Gasteiger partial charge in [-0.2, -0.15) is 0 Å².